The second-order valence-electron chi connectivity index (χ2n) is 7.13. The summed E-state index contributed by atoms with van der Waals surface area (Å²) in [5, 5.41) is 2.76. The van der Waals surface area contributed by atoms with Gasteiger partial charge in [-0.15, -0.1) is 0 Å². The van der Waals surface area contributed by atoms with Crippen LogP contribution in [0.1, 0.15) is 18.4 Å². The molecular weight excluding hydrogens is 404 g/mol. The van der Waals surface area contributed by atoms with Gasteiger partial charge < -0.3 is 10.1 Å². The summed E-state index contributed by atoms with van der Waals surface area (Å²) in [7, 11) is -0.264. The van der Waals surface area contributed by atoms with Crippen LogP contribution in [-0.2, 0) is 21.4 Å². The summed E-state index contributed by atoms with van der Waals surface area (Å²) < 4.78 is 32.7. The minimum absolute atomic E-state index is 0.0847. The Kier molecular flexibility index (Phi) is 7.07. The van der Waals surface area contributed by atoms with Gasteiger partial charge in [-0.2, -0.15) is 0 Å². The molecular formula is C21H26N4O4S. The van der Waals surface area contributed by atoms with Gasteiger partial charge in [-0.25, -0.2) is 8.42 Å². The standard InChI is InChI=1S/C21H26N4O4S/c1-25(14-16-8-10-18(29-2)11-9-16)15-21(26)23-17-5-3-6-19(13-17)30(27,28)24-20-7-4-12-22-20/h3,5-6,8-11,13H,4,7,12,14-15H2,1-2H3,(H,22,24)(H,23,26). The Morgan fingerprint density at radius 3 is 2.63 bits per heavy atom. The molecule has 0 aliphatic carbocycles. The first-order valence-corrected chi connectivity index (χ1v) is 11.1. The average molecular weight is 431 g/mol. The quantitative estimate of drug-likeness (QED) is 0.669. The Bertz CT molecular complexity index is 1020. The number of amidine groups is 1. The van der Waals surface area contributed by atoms with Crippen LogP contribution >= 0.6 is 0 Å². The monoisotopic (exact) mass is 430 g/mol. The van der Waals surface area contributed by atoms with E-state index in [0.717, 1.165) is 17.7 Å². The van der Waals surface area contributed by atoms with Gasteiger partial charge >= 0.3 is 0 Å². The lowest BCUT2D eigenvalue weighted by molar-refractivity contribution is -0.117. The predicted octanol–water partition coefficient (Wildman–Crippen LogP) is 2.24. The number of amides is 1. The zero-order chi connectivity index (χ0) is 21.6. The van der Waals surface area contributed by atoms with Crippen LogP contribution in [0.3, 0.4) is 0 Å². The molecule has 0 unspecified atom stereocenters. The number of methoxy groups -OCH3 is 1. The highest BCUT2D eigenvalue weighted by molar-refractivity contribution is 7.90. The topological polar surface area (TPSA) is 100 Å². The van der Waals surface area contributed by atoms with Gasteiger partial charge in [-0.05, 0) is 49.4 Å². The number of aliphatic imine (C=N–C) groups is 1. The Morgan fingerprint density at radius 1 is 1.20 bits per heavy atom. The van der Waals surface area contributed by atoms with Gasteiger partial charge in [0, 0.05) is 25.2 Å². The van der Waals surface area contributed by atoms with Crippen LogP contribution in [0.4, 0.5) is 5.69 Å². The number of nitrogens with zero attached hydrogens (tertiary/aromatic N) is 2. The van der Waals surface area contributed by atoms with Crippen molar-refractivity contribution < 1.29 is 17.9 Å². The molecule has 0 radical (unpaired) electrons. The summed E-state index contributed by atoms with van der Waals surface area (Å²) in [6.45, 7) is 1.40. The molecule has 0 saturated heterocycles. The van der Waals surface area contributed by atoms with E-state index in [2.05, 4.69) is 15.0 Å². The number of carbonyl (C=O) groups excluding carboxylic acids is 1. The number of carbonyl (C=O) groups is 1. The van der Waals surface area contributed by atoms with Crippen molar-refractivity contribution in [2.75, 3.05) is 32.6 Å². The van der Waals surface area contributed by atoms with Gasteiger partial charge in [0.05, 0.1) is 18.6 Å². The molecule has 0 aromatic heterocycles. The van der Waals surface area contributed by atoms with Crippen molar-refractivity contribution in [3.8, 4) is 5.75 Å². The number of likely N-dealkylation sites (N-methyl/N-ethyl adjacent to an activating group) is 1. The van der Waals surface area contributed by atoms with Crippen LogP contribution in [0, 0.1) is 0 Å². The number of nitrogens with one attached hydrogen (secondary N) is 2. The van der Waals surface area contributed by atoms with E-state index in [-0.39, 0.29) is 17.3 Å². The third-order valence-corrected chi connectivity index (χ3v) is 5.96. The third kappa shape index (κ3) is 6.04. The van der Waals surface area contributed by atoms with Crippen LogP contribution in [0.2, 0.25) is 0 Å². The van der Waals surface area contributed by atoms with Crippen molar-refractivity contribution >= 4 is 27.5 Å². The van der Waals surface area contributed by atoms with Crippen LogP contribution in [-0.4, -0.2) is 52.3 Å². The molecule has 2 N–H and O–H groups in total. The smallest absolute Gasteiger partial charge is 0.262 e. The fourth-order valence-corrected chi connectivity index (χ4v) is 4.26. The molecule has 0 spiro atoms. The van der Waals surface area contributed by atoms with Gasteiger partial charge in [-0.3, -0.25) is 19.4 Å². The zero-order valence-corrected chi connectivity index (χ0v) is 17.9. The first kappa shape index (κ1) is 21.8. The van der Waals surface area contributed by atoms with E-state index in [4.69, 9.17) is 4.74 Å². The molecule has 0 bridgehead atoms. The second kappa shape index (κ2) is 9.73. The Balaban J connectivity index is 1.57. The molecule has 3 rings (SSSR count). The summed E-state index contributed by atoms with van der Waals surface area (Å²) in [6, 6.07) is 13.8. The first-order valence-electron chi connectivity index (χ1n) is 9.63. The molecule has 160 valence electrons. The van der Waals surface area contributed by atoms with Gasteiger partial charge in [-0.1, -0.05) is 18.2 Å². The van der Waals surface area contributed by atoms with E-state index < -0.39 is 10.0 Å². The fraction of sp³-hybridized carbons (Fsp3) is 0.333. The van der Waals surface area contributed by atoms with E-state index in [0.29, 0.717) is 31.0 Å². The number of rotatable bonds is 8. The second-order valence-corrected chi connectivity index (χ2v) is 8.82. The first-order chi connectivity index (χ1) is 14.4. The summed E-state index contributed by atoms with van der Waals surface area (Å²) in [5.74, 6) is 1.03. The highest BCUT2D eigenvalue weighted by atomic mass is 32.2. The molecule has 2 aromatic carbocycles. The van der Waals surface area contributed by atoms with Gasteiger partial charge in [0.25, 0.3) is 10.0 Å². The normalized spacial score (nSPS) is 13.8. The fourth-order valence-electron chi connectivity index (χ4n) is 3.12. The third-order valence-electron chi connectivity index (χ3n) is 4.58. The minimum atomic E-state index is -3.72. The molecule has 0 saturated carbocycles. The van der Waals surface area contributed by atoms with Crippen LogP contribution < -0.4 is 14.8 Å². The van der Waals surface area contributed by atoms with Crippen LogP contribution in [0.5, 0.6) is 5.75 Å². The van der Waals surface area contributed by atoms with Crippen LogP contribution in [0.25, 0.3) is 0 Å². The van der Waals surface area contributed by atoms with E-state index in [1.807, 2.05) is 36.2 Å². The maximum atomic E-state index is 12.5. The molecule has 8 nitrogen and oxygen atoms in total. The number of hydrogen-bond donors (Lipinski definition) is 2. The maximum Gasteiger partial charge on any atom is 0.262 e. The van der Waals surface area contributed by atoms with E-state index in [9.17, 15) is 13.2 Å². The largest absolute Gasteiger partial charge is 0.497 e. The Morgan fingerprint density at radius 2 is 1.97 bits per heavy atom. The van der Waals surface area contributed by atoms with Crippen molar-refractivity contribution in [2.45, 2.75) is 24.3 Å². The molecule has 0 atom stereocenters. The maximum absolute atomic E-state index is 12.5. The zero-order valence-electron chi connectivity index (χ0n) is 17.1. The van der Waals surface area contributed by atoms with E-state index in [1.165, 1.54) is 12.1 Å². The molecule has 0 fully saturated rings. The van der Waals surface area contributed by atoms with Gasteiger partial charge in [0.1, 0.15) is 11.6 Å². The van der Waals surface area contributed by atoms with E-state index >= 15 is 0 Å². The van der Waals surface area contributed by atoms with Crippen molar-refractivity contribution in [2.24, 2.45) is 4.99 Å². The highest BCUT2D eigenvalue weighted by Crippen LogP contribution is 2.17. The van der Waals surface area contributed by atoms with Crippen molar-refractivity contribution in [1.29, 1.82) is 0 Å². The molecule has 2 aromatic rings. The molecule has 9 heteroatoms. The Labute approximate surface area is 177 Å². The number of anilines is 1. The average Bonchev–Trinajstić information content (AvgIpc) is 3.21. The summed E-state index contributed by atoms with van der Waals surface area (Å²) in [6.07, 6.45) is 1.47. The van der Waals surface area contributed by atoms with Gasteiger partial charge in [0.2, 0.25) is 5.91 Å². The lowest BCUT2D eigenvalue weighted by Gasteiger charge is -2.17. The summed E-state index contributed by atoms with van der Waals surface area (Å²) in [4.78, 5) is 18.5. The number of hydrogen-bond acceptors (Lipinski definition) is 6. The molecule has 1 heterocycles. The van der Waals surface area contributed by atoms with E-state index in [1.54, 1.807) is 19.2 Å². The molecule has 1 aliphatic heterocycles. The lowest BCUT2D eigenvalue weighted by atomic mass is 10.2. The van der Waals surface area contributed by atoms with Crippen molar-refractivity contribution in [3.05, 3.63) is 54.1 Å². The van der Waals surface area contributed by atoms with Crippen molar-refractivity contribution in [1.82, 2.24) is 9.62 Å². The predicted molar refractivity (Wildman–Crippen MR) is 116 cm³/mol. The molecule has 30 heavy (non-hydrogen) atoms. The highest BCUT2D eigenvalue weighted by Gasteiger charge is 2.19. The summed E-state index contributed by atoms with van der Waals surface area (Å²) >= 11 is 0. The molecule has 1 amide bonds. The number of ether oxygens (including phenoxy) is 1. The number of sulfonamides is 1. The SMILES string of the molecule is COc1ccc(CN(C)CC(=O)Nc2cccc(S(=O)(=O)NC3=NCCC3)c2)cc1. The minimum Gasteiger partial charge on any atom is -0.497 e. The number of benzene rings is 2. The van der Waals surface area contributed by atoms with Crippen LogP contribution in [0.15, 0.2) is 58.4 Å². The molecule has 1 aliphatic rings. The Hall–Kier alpha value is -2.91. The lowest BCUT2D eigenvalue weighted by Crippen LogP contribution is -2.30. The van der Waals surface area contributed by atoms with Gasteiger partial charge in [0.15, 0.2) is 0 Å². The van der Waals surface area contributed by atoms with Crippen molar-refractivity contribution in [3.63, 3.8) is 0 Å². The summed E-state index contributed by atoms with van der Waals surface area (Å²) in [5.41, 5.74) is 1.48.